The van der Waals surface area contributed by atoms with Gasteiger partial charge in [0.05, 0.1) is 0 Å². The van der Waals surface area contributed by atoms with E-state index in [0.717, 1.165) is 30.3 Å². The number of hydrogen-bond acceptors (Lipinski definition) is 4. The highest BCUT2D eigenvalue weighted by atomic mass is 79.9. The van der Waals surface area contributed by atoms with Gasteiger partial charge in [0.2, 0.25) is 11.7 Å². The van der Waals surface area contributed by atoms with Crippen LogP contribution < -0.4 is 10.3 Å². The zero-order valence-electron chi connectivity index (χ0n) is 14.1. The molecular formula is C18H9BrF4N2O4. The molecule has 0 aliphatic carbocycles. The molecule has 0 aliphatic rings. The number of benzene rings is 2. The second-order valence-corrected chi connectivity index (χ2v) is 6.39. The maximum absolute atomic E-state index is 14.1. The molecule has 3 aromatic rings. The predicted molar refractivity (Wildman–Crippen MR) is 95.1 cm³/mol. The molecule has 0 radical (unpaired) electrons. The quantitative estimate of drug-likeness (QED) is 0.570. The lowest BCUT2D eigenvalue weighted by Gasteiger charge is -2.14. The summed E-state index contributed by atoms with van der Waals surface area (Å²) in [5.41, 5.74) is -2.20. The zero-order valence-corrected chi connectivity index (χ0v) is 15.7. The first-order valence-electron chi connectivity index (χ1n) is 7.77. The number of carbonyl (C=O) groups is 1. The van der Waals surface area contributed by atoms with Gasteiger partial charge in [-0.25, -0.2) is 26.9 Å². The maximum Gasteiger partial charge on any atom is 0.372 e. The first-order valence-corrected chi connectivity index (χ1v) is 8.57. The molecule has 0 fully saturated rings. The third kappa shape index (κ3) is 3.99. The molecule has 6 nitrogen and oxygen atoms in total. The van der Waals surface area contributed by atoms with Gasteiger partial charge >= 0.3 is 5.97 Å². The molecule has 1 heterocycles. The third-order valence-corrected chi connectivity index (χ3v) is 4.41. The minimum atomic E-state index is -1.77. The van der Waals surface area contributed by atoms with Crippen molar-refractivity contribution < 1.29 is 32.2 Å². The Morgan fingerprint density at radius 1 is 1.10 bits per heavy atom. The zero-order chi connectivity index (χ0) is 21.3. The maximum atomic E-state index is 14.1. The van der Waals surface area contributed by atoms with Crippen LogP contribution in [-0.4, -0.2) is 20.6 Å². The van der Waals surface area contributed by atoms with E-state index in [0.29, 0.717) is 6.07 Å². The molecule has 0 saturated carbocycles. The van der Waals surface area contributed by atoms with Crippen molar-refractivity contribution in [2.75, 3.05) is 0 Å². The van der Waals surface area contributed by atoms with Gasteiger partial charge in [0, 0.05) is 11.6 Å². The van der Waals surface area contributed by atoms with Crippen LogP contribution in [0.2, 0.25) is 0 Å². The van der Waals surface area contributed by atoms with Gasteiger partial charge in [0.15, 0.2) is 0 Å². The van der Waals surface area contributed by atoms with Crippen LogP contribution in [-0.2, 0) is 6.61 Å². The summed E-state index contributed by atoms with van der Waals surface area (Å²) in [6.07, 6.45) is 0. The van der Waals surface area contributed by atoms with Crippen LogP contribution in [0.5, 0.6) is 5.88 Å². The Morgan fingerprint density at radius 3 is 2.34 bits per heavy atom. The van der Waals surface area contributed by atoms with Gasteiger partial charge < -0.3 is 9.84 Å². The Bertz CT molecular complexity index is 1160. The number of aromatic nitrogens is 2. The van der Waals surface area contributed by atoms with Crippen molar-refractivity contribution in [3.05, 3.63) is 85.9 Å². The second kappa shape index (κ2) is 8.03. The van der Waals surface area contributed by atoms with Crippen LogP contribution >= 0.6 is 15.9 Å². The molecule has 1 aromatic heterocycles. The summed E-state index contributed by atoms with van der Waals surface area (Å²) >= 11 is 2.85. The lowest BCUT2D eigenvalue weighted by atomic mass is 10.2. The van der Waals surface area contributed by atoms with Crippen LogP contribution in [0, 0.1) is 23.3 Å². The Balaban J connectivity index is 2.10. The summed E-state index contributed by atoms with van der Waals surface area (Å²) in [6, 6.07) is 5.40. The Kier molecular flexibility index (Phi) is 5.69. The Hall–Kier alpha value is -3.21. The number of aromatic carboxylic acids is 1. The summed E-state index contributed by atoms with van der Waals surface area (Å²) in [5.74, 6) is -7.47. The van der Waals surface area contributed by atoms with Crippen LogP contribution in [0.3, 0.4) is 0 Å². The fourth-order valence-corrected chi connectivity index (χ4v) is 2.80. The molecule has 0 bridgehead atoms. The monoisotopic (exact) mass is 472 g/mol. The number of halogens is 5. The fraction of sp³-hybridized carbons (Fsp3) is 0.0556. The molecule has 11 heteroatoms. The summed E-state index contributed by atoms with van der Waals surface area (Å²) in [6.45, 7) is -0.520. The number of carboxylic acids is 1. The van der Waals surface area contributed by atoms with Crippen LogP contribution in [0.25, 0.3) is 5.69 Å². The lowest BCUT2D eigenvalue weighted by Crippen LogP contribution is -2.29. The Labute approximate surface area is 168 Å². The van der Waals surface area contributed by atoms with Crippen molar-refractivity contribution in [1.82, 2.24) is 9.55 Å². The molecule has 0 amide bonds. The third-order valence-electron chi connectivity index (χ3n) is 3.73. The lowest BCUT2D eigenvalue weighted by molar-refractivity contribution is 0.0677. The highest BCUT2D eigenvalue weighted by Gasteiger charge is 2.25. The predicted octanol–water partition coefficient (Wildman–Crippen LogP) is 3.83. The molecule has 0 atom stereocenters. The van der Waals surface area contributed by atoms with Gasteiger partial charge in [-0.2, -0.15) is 4.98 Å². The minimum absolute atomic E-state index is 0.0960. The highest BCUT2D eigenvalue weighted by Crippen LogP contribution is 2.24. The van der Waals surface area contributed by atoms with E-state index in [1.165, 1.54) is 0 Å². The molecule has 2 aromatic carbocycles. The number of carboxylic acid groups (broad SMARTS) is 1. The summed E-state index contributed by atoms with van der Waals surface area (Å²) < 4.78 is 59.9. The first-order chi connectivity index (χ1) is 13.7. The van der Waals surface area contributed by atoms with Gasteiger partial charge in [0.25, 0.3) is 5.56 Å². The van der Waals surface area contributed by atoms with Crippen molar-refractivity contribution in [3.63, 3.8) is 0 Å². The second-order valence-electron chi connectivity index (χ2n) is 5.59. The molecule has 0 spiro atoms. The molecule has 150 valence electrons. The number of nitrogens with zero attached hydrogens (tertiary/aromatic N) is 2. The SMILES string of the molecule is O=C(O)c1nc(OCc2ccc(F)cc2F)c(Br)c(=O)n1-c1c(F)cccc1F. The smallest absolute Gasteiger partial charge is 0.372 e. The highest BCUT2D eigenvalue weighted by molar-refractivity contribution is 9.10. The van der Waals surface area contributed by atoms with E-state index in [4.69, 9.17) is 4.74 Å². The van der Waals surface area contributed by atoms with Crippen LogP contribution in [0.1, 0.15) is 16.2 Å². The molecule has 0 aliphatic heterocycles. The molecule has 3 rings (SSSR count). The molecular weight excluding hydrogens is 464 g/mol. The first kappa shape index (κ1) is 20.5. The van der Waals surface area contributed by atoms with Crippen molar-refractivity contribution in [3.8, 4) is 11.6 Å². The van der Waals surface area contributed by atoms with Gasteiger partial charge in [-0.15, -0.1) is 0 Å². The number of rotatable bonds is 5. The average molecular weight is 473 g/mol. The largest absolute Gasteiger partial charge is 0.475 e. The van der Waals surface area contributed by atoms with Gasteiger partial charge in [-0.05, 0) is 40.2 Å². The van der Waals surface area contributed by atoms with Gasteiger partial charge in [-0.3, -0.25) is 4.79 Å². The molecule has 0 unspecified atom stereocenters. The number of ether oxygens (including phenoxy) is 1. The van der Waals surface area contributed by atoms with Gasteiger partial charge in [-0.1, -0.05) is 6.07 Å². The minimum Gasteiger partial charge on any atom is -0.475 e. The van der Waals surface area contributed by atoms with Crippen LogP contribution in [0.4, 0.5) is 17.6 Å². The molecule has 0 saturated heterocycles. The van der Waals surface area contributed by atoms with E-state index in [2.05, 4.69) is 20.9 Å². The summed E-state index contributed by atoms with van der Waals surface area (Å²) in [4.78, 5) is 27.8. The Morgan fingerprint density at radius 2 is 1.76 bits per heavy atom. The standard InChI is InChI=1S/C18H9BrF4N2O4/c19-13-16(29-7-8-4-5-9(20)6-12(8)23)24-15(18(27)28)25(17(13)26)14-10(21)2-1-3-11(14)22/h1-6H,7H2,(H,27,28). The normalized spacial score (nSPS) is 10.8. The van der Waals surface area contributed by atoms with Gasteiger partial charge in [0.1, 0.15) is 40.0 Å². The number of hydrogen-bond donors (Lipinski definition) is 1. The van der Waals surface area contributed by atoms with E-state index < -0.39 is 63.3 Å². The summed E-state index contributed by atoms with van der Waals surface area (Å²) in [7, 11) is 0. The number of para-hydroxylation sites is 1. The molecule has 29 heavy (non-hydrogen) atoms. The molecule has 1 N–H and O–H groups in total. The van der Waals surface area contributed by atoms with Crippen molar-refractivity contribution in [2.24, 2.45) is 0 Å². The van der Waals surface area contributed by atoms with Crippen molar-refractivity contribution in [2.45, 2.75) is 6.61 Å². The fourth-order valence-electron chi connectivity index (χ4n) is 2.42. The summed E-state index contributed by atoms with van der Waals surface area (Å²) in [5, 5.41) is 9.37. The van der Waals surface area contributed by atoms with E-state index in [9.17, 15) is 32.3 Å². The van der Waals surface area contributed by atoms with E-state index >= 15 is 0 Å². The van der Waals surface area contributed by atoms with E-state index in [-0.39, 0.29) is 10.1 Å². The van der Waals surface area contributed by atoms with Crippen LogP contribution in [0.15, 0.2) is 45.7 Å². The van der Waals surface area contributed by atoms with Crippen molar-refractivity contribution >= 4 is 21.9 Å². The average Bonchev–Trinajstić information content (AvgIpc) is 2.65. The van der Waals surface area contributed by atoms with Crippen molar-refractivity contribution in [1.29, 1.82) is 0 Å². The van der Waals surface area contributed by atoms with E-state index in [1.807, 2.05) is 0 Å². The topological polar surface area (TPSA) is 81.4 Å². The van der Waals surface area contributed by atoms with E-state index in [1.54, 1.807) is 0 Å².